The van der Waals surface area contributed by atoms with Crippen LogP contribution in [0.15, 0.2) is 109 Å². The molecule has 1 atom stereocenters. The molecule has 210 valence electrons. The number of amides is 1. The summed E-state index contributed by atoms with van der Waals surface area (Å²) in [6.45, 7) is 2.44. The molecule has 0 fully saturated rings. The first-order chi connectivity index (χ1) is 19.9. The highest BCUT2D eigenvalue weighted by atomic mass is 19.4. The highest BCUT2D eigenvalue weighted by Crippen LogP contribution is 2.41. The van der Waals surface area contributed by atoms with Gasteiger partial charge in [-0.2, -0.15) is 13.2 Å². The number of aromatic nitrogens is 1. The number of H-pyrrole nitrogens is 1. The third-order valence-corrected chi connectivity index (χ3v) is 7.78. The van der Waals surface area contributed by atoms with Gasteiger partial charge < -0.3 is 10.3 Å². The molecule has 4 aromatic carbocycles. The third-order valence-electron chi connectivity index (χ3n) is 7.78. The van der Waals surface area contributed by atoms with E-state index >= 15 is 0 Å². The summed E-state index contributed by atoms with van der Waals surface area (Å²) in [7, 11) is 0. The van der Waals surface area contributed by atoms with Crippen molar-refractivity contribution in [3.63, 3.8) is 0 Å². The number of hydrogen-bond donors (Lipinski definition) is 2. The molecular formula is C35H33F3N2O. The van der Waals surface area contributed by atoms with E-state index in [1.54, 1.807) is 12.3 Å². The van der Waals surface area contributed by atoms with Crippen molar-refractivity contribution >= 4 is 16.8 Å². The van der Waals surface area contributed by atoms with E-state index in [-0.39, 0.29) is 23.8 Å². The Bertz CT molecular complexity index is 1550. The number of para-hydroxylation sites is 1. The number of carbonyl (C=O) groups excluding carboxylic acids is 1. The molecule has 0 radical (unpaired) electrons. The first-order valence-corrected chi connectivity index (χ1v) is 14.0. The zero-order valence-electron chi connectivity index (χ0n) is 22.9. The summed E-state index contributed by atoms with van der Waals surface area (Å²) >= 11 is 0. The van der Waals surface area contributed by atoms with Gasteiger partial charge in [-0.3, -0.25) is 4.79 Å². The largest absolute Gasteiger partial charge is 0.416 e. The minimum Gasteiger partial charge on any atom is -0.361 e. The molecule has 1 amide bonds. The number of rotatable bonds is 10. The molecule has 0 unspecified atom stereocenters. The average molecular weight is 555 g/mol. The van der Waals surface area contributed by atoms with E-state index in [0.29, 0.717) is 18.5 Å². The van der Waals surface area contributed by atoms with Crippen LogP contribution in [0.5, 0.6) is 0 Å². The first-order valence-electron chi connectivity index (χ1n) is 14.0. The summed E-state index contributed by atoms with van der Waals surface area (Å²) in [5.41, 5.74) is 4.35. The fourth-order valence-electron chi connectivity index (χ4n) is 5.78. The van der Waals surface area contributed by atoms with Crippen LogP contribution >= 0.6 is 0 Å². The summed E-state index contributed by atoms with van der Waals surface area (Å²) in [5, 5.41) is 3.85. The maximum absolute atomic E-state index is 14.1. The van der Waals surface area contributed by atoms with E-state index < -0.39 is 17.7 Å². The minimum absolute atomic E-state index is 0.0838. The number of benzene rings is 4. The molecule has 2 N–H and O–H groups in total. The predicted octanol–water partition coefficient (Wildman–Crippen LogP) is 8.61. The smallest absolute Gasteiger partial charge is 0.361 e. The molecule has 0 saturated carbocycles. The monoisotopic (exact) mass is 554 g/mol. The Kier molecular flexibility index (Phi) is 8.58. The Hall–Kier alpha value is -4.32. The Morgan fingerprint density at radius 1 is 0.780 bits per heavy atom. The lowest BCUT2D eigenvalue weighted by molar-refractivity contribution is -0.138. The van der Waals surface area contributed by atoms with Crippen molar-refractivity contribution in [1.82, 2.24) is 10.3 Å². The van der Waals surface area contributed by atoms with Crippen molar-refractivity contribution in [3.8, 4) is 0 Å². The highest BCUT2D eigenvalue weighted by Gasteiger charge is 2.36. The van der Waals surface area contributed by atoms with E-state index in [1.165, 1.54) is 12.1 Å². The van der Waals surface area contributed by atoms with Crippen molar-refractivity contribution in [2.24, 2.45) is 0 Å². The molecule has 41 heavy (non-hydrogen) atoms. The van der Waals surface area contributed by atoms with Crippen LogP contribution in [0, 0.1) is 0 Å². The molecule has 0 saturated heterocycles. The molecule has 1 aromatic heterocycles. The van der Waals surface area contributed by atoms with Gasteiger partial charge in [-0.05, 0) is 46.7 Å². The maximum Gasteiger partial charge on any atom is 0.416 e. The molecule has 5 aromatic rings. The molecular weight excluding hydrogens is 521 g/mol. The van der Waals surface area contributed by atoms with E-state index in [4.69, 9.17) is 0 Å². The third kappa shape index (κ3) is 6.37. The molecule has 0 aliphatic rings. The van der Waals surface area contributed by atoms with Crippen LogP contribution in [0.3, 0.4) is 0 Å². The Labute approximate surface area is 238 Å². The van der Waals surface area contributed by atoms with E-state index in [1.807, 2.05) is 61.5 Å². The van der Waals surface area contributed by atoms with Gasteiger partial charge in [0.25, 0.3) is 0 Å². The minimum atomic E-state index is -4.54. The standard InChI is InChI=1S/C35H33F3N2O/c1-2-24-16-11-18-29-31(23-40-34(24)29)30(28-17-9-10-19-32(28)35(36,37)38)22-33(41)39-21-20-27(25-12-5-3-6-13-25)26-14-7-4-8-15-26/h3-19,23,27,30,40H,2,20-22H2,1H3,(H,39,41)/t30-/m1/s1. The van der Waals surface area contributed by atoms with Crippen molar-refractivity contribution < 1.29 is 18.0 Å². The van der Waals surface area contributed by atoms with Crippen molar-refractivity contribution in [2.75, 3.05) is 6.54 Å². The molecule has 0 bridgehead atoms. The van der Waals surface area contributed by atoms with E-state index in [2.05, 4.69) is 34.6 Å². The normalized spacial score (nSPS) is 12.5. The summed E-state index contributed by atoms with van der Waals surface area (Å²) in [6, 6.07) is 31.6. The second kappa shape index (κ2) is 12.5. The number of aryl methyl sites for hydroxylation is 1. The summed E-state index contributed by atoms with van der Waals surface area (Å²) in [5.74, 6) is -0.971. The van der Waals surface area contributed by atoms with Crippen LogP contribution in [0.2, 0.25) is 0 Å². The van der Waals surface area contributed by atoms with E-state index in [9.17, 15) is 18.0 Å². The van der Waals surface area contributed by atoms with E-state index in [0.717, 1.165) is 40.1 Å². The molecule has 0 aliphatic heterocycles. The lowest BCUT2D eigenvalue weighted by Gasteiger charge is -2.22. The Balaban J connectivity index is 1.41. The Morgan fingerprint density at radius 3 is 2.05 bits per heavy atom. The molecule has 3 nitrogen and oxygen atoms in total. The zero-order chi connectivity index (χ0) is 28.8. The lowest BCUT2D eigenvalue weighted by Crippen LogP contribution is -2.28. The Morgan fingerprint density at radius 2 is 1.41 bits per heavy atom. The van der Waals surface area contributed by atoms with Gasteiger partial charge in [-0.15, -0.1) is 0 Å². The maximum atomic E-state index is 14.1. The van der Waals surface area contributed by atoms with Crippen LogP contribution in [-0.2, 0) is 17.4 Å². The number of halogens is 3. The van der Waals surface area contributed by atoms with Crippen molar-refractivity contribution in [2.45, 2.75) is 44.2 Å². The van der Waals surface area contributed by atoms with Gasteiger partial charge in [0.1, 0.15) is 0 Å². The first kappa shape index (κ1) is 28.2. The molecule has 6 heteroatoms. The van der Waals surface area contributed by atoms with Gasteiger partial charge in [0, 0.05) is 41.9 Å². The summed E-state index contributed by atoms with van der Waals surface area (Å²) < 4.78 is 42.4. The molecule has 1 heterocycles. The van der Waals surface area contributed by atoms with Crippen molar-refractivity contribution in [1.29, 1.82) is 0 Å². The zero-order valence-corrected chi connectivity index (χ0v) is 22.9. The fourth-order valence-corrected chi connectivity index (χ4v) is 5.78. The van der Waals surface area contributed by atoms with Gasteiger partial charge in [0.15, 0.2) is 0 Å². The molecule has 5 rings (SSSR count). The molecule has 0 spiro atoms. The van der Waals surface area contributed by atoms with Gasteiger partial charge in [0.2, 0.25) is 5.91 Å². The van der Waals surface area contributed by atoms with Crippen LogP contribution in [0.4, 0.5) is 13.2 Å². The van der Waals surface area contributed by atoms with Crippen LogP contribution < -0.4 is 5.32 Å². The number of alkyl halides is 3. The number of nitrogens with one attached hydrogen (secondary N) is 2. The fraction of sp³-hybridized carbons (Fsp3) is 0.229. The second-order valence-electron chi connectivity index (χ2n) is 10.3. The lowest BCUT2D eigenvalue weighted by atomic mass is 9.84. The van der Waals surface area contributed by atoms with Gasteiger partial charge in [-0.25, -0.2) is 0 Å². The summed E-state index contributed by atoms with van der Waals surface area (Å²) in [4.78, 5) is 16.7. The number of hydrogen-bond acceptors (Lipinski definition) is 1. The van der Waals surface area contributed by atoms with Crippen LogP contribution in [-0.4, -0.2) is 17.4 Å². The van der Waals surface area contributed by atoms with Crippen LogP contribution in [0.1, 0.15) is 65.0 Å². The van der Waals surface area contributed by atoms with Gasteiger partial charge >= 0.3 is 6.18 Å². The topological polar surface area (TPSA) is 44.9 Å². The van der Waals surface area contributed by atoms with Crippen molar-refractivity contribution in [3.05, 3.63) is 143 Å². The van der Waals surface area contributed by atoms with Gasteiger partial charge in [0.05, 0.1) is 5.56 Å². The second-order valence-corrected chi connectivity index (χ2v) is 10.3. The van der Waals surface area contributed by atoms with Crippen LogP contribution in [0.25, 0.3) is 10.9 Å². The quantitative estimate of drug-likeness (QED) is 0.178. The SMILES string of the molecule is CCc1cccc2c([C@H](CC(=O)NCCC(c3ccccc3)c3ccccc3)c3ccccc3C(F)(F)F)c[nH]c12. The average Bonchev–Trinajstić information content (AvgIpc) is 3.43. The summed E-state index contributed by atoms with van der Waals surface area (Å²) in [6.07, 6.45) is -1.43. The predicted molar refractivity (Wildman–Crippen MR) is 158 cm³/mol. The number of carbonyl (C=O) groups is 1. The number of fused-ring (bicyclic) bond motifs is 1. The van der Waals surface area contributed by atoms with Gasteiger partial charge in [-0.1, -0.05) is 104 Å². The number of aromatic amines is 1. The highest BCUT2D eigenvalue weighted by molar-refractivity contribution is 5.88. The molecule has 0 aliphatic carbocycles.